The molecular formula is C22H42N6O7S. The van der Waals surface area contributed by atoms with Gasteiger partial charge in [-0.05, 0) is 38.6 Å². The van der Waals surface area contributed by atoms with E-state index < -0.39 is 66.5 Å². The first-order valence-electron chi connectivity index (χ1n) is 12.0. The molecule has 0 aliphatic carbocycles. The Bertz CT molecular complexity index is 727. The second kappa shape index (κ2) is 18.1. The van der Waals surface area contributed by atoms with Gasteiger partial charge in [0.2, 0.25) is 23.6 Å². The van der Waals surface area contributed by atoms with Crippen molar-refractivity contribution in [2.45, 2.75) is 82.8 Å². The molecule has 0 aliphatic heterocycles. The van der Waals surface area contributed by atoms with Crippen LogP contribution in [0.3, 0.4) is 0 Å². The van der Waals surface area contributed by atoms with E-state index in [1.807, 2.05) is 6.92 Å². The van der Waals surface area contributed by atoms with Crippen molar-refractivity contribution in [2.75, 3.05) is 18.9 Å². The quantitative estimate of drug-likeness (QED) is 0.0493. The van der Waals surface area contributed by atoms with Gasteiger partial charge in [0.1, 0.15) is 24.4 Å². The number of amides is 4. The van der Waals surface area contributed by atoms with Gasteiger partial charge in [-0.25, -0.2) is 0 Å². The minimum Gasteiger partial charge on any atom is -0.394 e. The lowest BCUT2D eigenvalue weighted by molar-refractivity contribution is -0.136. The van der Waals surface area contributed by atoms with E-state index in [0.29, 0.717) is 32.1 Å². The SMILES string of the molecule is CC[C@H](C)[C@@H](C=O)NC(=O)[C@H](CO)NC(=O)[C@H](CCCCN)NC(=O)[C@@H](NC(=O)[C@@H](N)CS)[C@@H](C)O. The maximum absolute atomic E-state index is 13.0. The summed E-state index contributed by atoms with van der Waals surface area (Å²) in [6.45, 7) is 4.51. The van der Waals surface area contributed by atoms with Crippen molar-refractivity contribution >= 4 is 42.5 Å². The highest BCUT2D eigenvalue weighted by molar-refractivity contribution is 7.80. The van der Waals surface area contributed by atoms with E-state index in [1.165, 1.54) is 6.92 Å². The summed E-state index contributed by atoms with van der Waals surface area (Å²) in [7, 11) is 0. The molecule has 0 aromatic heterocycles. The zero-order valence-corrected chi connectivity index (χ0v) is 22.0. The second-order valence-electron chi connectivity index (χ2n) is 8.66. The molecule has 0 rings (SSSR count). The lowest BCUT2D eigenvalue weighted by atomic mass is 10.00. The van der Waals surface area contributed by atoms with Crippen LogP contribution < -0.4 is 32.7 Å². The number of nitrogens with two attached hydrogens (primary N) is 2. The fourth-order valence-corrected chi connectivity index (χ4v) is 3.23. The summed E-state index contributed by atoms with van der Waals surface area (Å²) in [5, 5.41) is 29.4. The Morgan fingerprint density at radius 2 is 1.53 bits per heavy atom. The third-order valence-corrected chi connectivity index (χ3v) is 6.10. The number of rotatable bonds is 18. The number of hydrogen-bond acceptors (Lipinski definition) is 10. The molecule has 4 amide bonds. The van der Waals surface area contributed by atoms with Crippen molar-refractivity contribution in [3.63, 3.8) is 0 Å². The molecule has 0 spiro atoms. The van der Waals surface area contributed by atoms with E-state index >= 15 is 0 Å². The van der Waals surface area contributed by atoms with Crippen molar-refractivity contribution in [3.8, 4) is 0 Å². The minimum absolute atomic E-state index is 0.0106. The summed E-state index contributed by atoms with van der Waals surface area (Å²) in [4.78, 5) is 61.8. The first kappa shape index (κ1) is 33.7. The summed E-state index contributed by atoms with van der Waals surface area (Å²) < 4.78 is 0. The van der Waals surface area contributed by atoms with Crippen LogP contribution in [0.1, 0.15) is 46.5 Å². The smallest absolute Gasteiger partial charge is 0.245 e. The molecule has 0 unspecified atom stereocenters. The first-order valence-corrected chi connectivity index (χ1v) is 12.6. The predicted molar refractivity (Wildman–Crippen MR) is 137 cm³/mol. The van der Waals surface area contributed by atoms with Crippen molar-refractivity contribution in [3.05, 3.63) is 0 Å². The molecule has 0 heterocycles. The number of aliphatic hydroxyl groups excluding tert-OH is 2. The molecular weight excluding hydrogens is 492 g/mol. The number of carbonyl (C=O) groups excluding carboxylic acids is 5. The number of aliphatic hydroxyl groups is 2. The number of nitrogens with one attached hydrogen (secondary N) is 4. The zero-order chi connectivity index (χ0) is 27.8. The summed E-state index contributed by atoms with van der Waals surface area (Å²) in [6.07, 6.45) is 1.02. The van der Waals surface area contributed by atoms with Crippen LogP contribution in [-0.2, 0) is 24.0 Å². The van der Waals surface area contributed by atoms with Crippen molar-refractivity contribution in [1.29, 1.82) is 0 Å². The van der Waals surface area contributed by atoms with E-state index in [1.54, 1.807) is 6.92 Å². The molecule has 0 fully saturated rings. The molecule has 36 heavy (non-hydrogen) atoms. The Labute approximate surface area is 217 Å². The molecule has 0 aromatic carbocycles. The maximum atomic E-state index is 13.0. The van der Waals surface area contributed by atoms with Gasteiger partial charge in [0.15, 0.2) is 0 Å². The Morgan fingerprint density at radius 1 is 0.944 bits per heavy atom. The maximum Gasteiger partial charge on any atom is 0.245 e. The van der Waals surface area contributed by atoms with E-state index in [4.69, 9.17) is 11.5 Å². The van der Waals surface area contributed by atoms with Crippen LogP contribution in [-0.4, -0.2) is 95.3 Å². The van der Waals surface area contributed by atoms with Crippen LogP contribution in [0, 0.1) is 5.92 Å². The van der Waals surface area contributed by atoms with Gasteiger partial charge >= 0.3 is 0 Å². The summed E-state index contributed by atoms with van der Waals surface area (Å²) >= 11 is 3.93. The van der Waals surface area contributed by atoms with Crippen molar-refractivity contribution in [1.82, 2.24) is 21.3 Å². The molecule has 10 N–H and O–H groups in total. The Hall–Kier alpha value is -2.26. The van der Waals surface area contributed by atoms with E-state index in [9.17, 15) is 34.2 Å². The van der Waals surface area contributed by atoms with Crippen molar-refractivity contribution in [2.24, 2.45) is 17.4 Å². The number of thiol groups is 1. The van der Waals surface area contributed by atoms with E-state index in [-0.39, 0.29) is 18.1 Å². The number of aldehydes is 1. The highest BCUT2D eigenvalue weighted by Crippen LogP contribution is 2.07. The fourth-order valence-electron chi connectivity index (χ4n) is 3.07. The molecule has 0 saturated heterocycles. The monoisotopic (exact) mass is 534 g/mol. The van der Waals surface area contributed by atoms with Crippen LogP contribution in [0.5, 0.6) is 0 Å². The van der Waals surface area contributed by atoms with Gasteiger partial charge in [0, 0.05) is 5.75 Å². The molecule has 0 bridgehead atoms. The number of hydrogen-bond donors (Lipinski definition) is 9. The van der Waals surface area contributed by atoms with Crippen LogP contribution in [0.15, 0.2) is 0 Å². The molecule has 14 heteroatoms. The van der Waals surface area contributed by atoms with Gasteiger partial charge in [0.05, 0.1) is 24.8 Å². The Kier molecular flexibility index (Phi) is 16.9. The molecule has 7 atom stereocenters. The minimum atomic E-state index is -1.41. The van der Waals surface area contributed by atoms with Gasteiger partial charge < -0.3 is 47.7 Å². The van der Waals surface area contributed by atoms with Crippen molar-refractivity contribution < 1.29 is 34.2 Å². The van der Waals surface area contributed by atoms with Gasteiger partial charge in [-0.15, -0.1) is 0 Å². The average molecular weight is 535 g/mol. The van der Waals surface area contributed by atoms with Gasteiger partial charge in [-0.2, -0.15) is 12.6 Å². The third-order valence-electron chi connectivity index (χ3n) is 5.70. The average Bonchev–Trinajstić information content (AvgIpc) is 2.86. The van der Waals surface area contributed by atoms with Crippen LogP contribution in [0.4, 0.5) is 0 Å². The van der Waals surface area contributed by atoms with Crippen LogP contribution >= 0.6 is 12.6 Å². The Morgan fingerprint density at radius 3 is 2.00 bits per heavy atom. The Balaban J connectivity index is 5.53. The topological polar surface area (TPSA) is 226 Å². The summed E-state index contributed by atoms with van der Waals surface area (Å²) in [6, 6.07) is -5.76. The lowest BCUT2D eigenvalue weighted by Crippen LogP contribution is -2.61. The number of carbonyl (C=O) groups is 5. The van der Waals surface area contributed by atoms with E-state index in [2.05, 4.69) is 33.9 Å². The van der Waals surface area contributed by atoms with Crippen LogP contribution in [0.25, 0.3) is 0 Å². The molecule has 0 aromatic rings. The molecule has 13 nitrogen and oxygen atoms in total. The van der Waals surface area contributed by atoms with Crippen LogP contribution in [0.2, 0.25) is 0 Å². The van der Waals surface area contributed by atoms with Gasteiger partial charge in [0.25, 0.3) is 0 Å². The van der Waals surface area contributed by atoms with E-state index in [0.717, 1.165) is 0 Å². The van der Waals surface area contributed by atoms with Gasteiger partial charge in [-0.1, -0.05) is 20.3 Å². The molecule has 208 valence electrons. The first-order chi connectivity index (χ1) is 17.0. The highest BCUT2D eigenvalue weighted by Gasteiger charge is 2.32. The normalized spacial score (nSPS) is 16.9. The standard InChI is InChI=1S/C22H42N6O7S/c1-4-12(2)16(9-29)26-21(34)17(10-30)27-20(33)15(7-5-6-8-23)25-22(35)18(13(3)31)28-19(32)14(24)11-36/h9,12-18,30-31,36H,4-8,10-11,23-24H2,1-3H3,(H,25,35)(H,26,34)(H,27,33)(H,28,32)/t12-,13+,14-,15-,16+,17-,18-/m0/s1. The lowest BCUT2D eigenvalue weighted by Gasteiger charge is -2.27. The highest BCUT2D eigenvalue weighted by atomic mass is 32.1. The predicted octanol–water partition coefficient (Wildman–Crippen LogP) is -3.07. The summed E-state index contributed by atoms with van der Waals surface area (Å²) in [5.41, 5.74) is 11.1. The fraction of sp³-hybridized carbons (Fsp3) is 0.773. The third kappa shape index (κ3) is 11.6. The largest absolute Gasteiger partial charge is 0.394 e. The molecule has 0 saturated carbocycles. The summed E-state index contributed by atoms with van der Waals surface area (Å²) in [5.74, 6) is -3.24. The molecule has 0 aliphatic rings. The molecule has 0 radical (unpaired) electrons. The number of unbranched alkanes of at least 4 members (excludes halogenated alkanes) is 1. The van der Waals surface area contributed by atoms with Gasteiger partial charge in [-0.3, -0.25) is 19.2 Å². The second-order valence-corrected chi connectivity index (χ2v) is 9.03. The zero-order valence-electron chi connectivity index (χ0n) is 21.1.